The number of aromatic amines is 1. The lowest BCUT2D eigenvalue weighted by Crippen LogP contribution is -2.22. The van der Waals surface area contributed by atoms with E-state index in [4.69, 9.17) is 0 Å². The van der Waals surface area contributed by atoms with E-state index in [2.05, 4.69) is 10.3 Å². The van der Waals surface area contributed by atoms with Crippen molar-refractivity contribution < 1.29 is 14.3 Å². The summed E-state index contributed by atoms with van der Waals surface area (Å²) in [4.78, 5) is 17.7. The van der Waals surface area contributed by atoms with Crippen LogP contribution in [0.2, 0.25) is 0 Å². The molecular formula is C19H18FN3O2. The van der Waals surface area contributed by atoms with Crippen molar-refractivity contribution in [3.63, 3.8) is 0 Å². The molecule has 1 aliphatic heterocycles. The van der Waals surface area contributed by atoms with E-state index in [0.29, 0.717) is 17.7 Å². The SMILES string of the molecule is CN(C)Cc1[nH]c2ccc(F)cc2c1C1NC(=O)c2ccc(O)cc21. The van der Waals surface area contributed by atoms with Gasteiger partial charge in [0.25, 0.3) is 5.91 Å². The van der Waals surface area contributed by atoms with Crippen molar-refractivity contribution >= 4 is 16.8 Å². The molecule has 0 aliphatic carbocycles. The molecule has 1 atom stereocenters. The minimum absolute atomic E-state index is 0.0976. The number of nitrogens with one attached hydrogen (secondary N) is 2. The van der Waals surface area contributed by atoms with Crippen molar-refractivity contribution in [2.45, 2.75) is 12.6 Å². The van der Waals surface area contributed by atoms with Crippen LogP contribution in [0.25, 0.3) is 10.9 Å². The number of fused-ring (bicyclic) bond motifs is 2. The van der Waals surface area contributed by atoms with Gasteiger partial charge in [-0.1, -0.05) is 0 Å². The first-order chi connectivity index (χ1) is 11.9. The zero-order valence-corrected chi connectivity index (χ0v) is 13.9. The van der Waals surface area contributed by atoms with Gasteiger partial charge in [-0.3, -0.25) is 4.79 Å². The third-order valence-corrected chi connectivity index (χ3v) is 4.51. The number of aromatic hydroxyl groups is 1. The van der Waals surface area contributed by atoms with Crippen molar-refractivity contribution in [1.82, 2.24) is 15.2 Å². The Balaban J connectivity index is 1.96. The van der Waals surface area contributed by atoms with Crippen LogP contribution in [-0.4, -0.2) is 35.0 Å². The number of hydrogen-bond donors (Lipinski definition) is 3. The van der Waals surface area contributed by atoms with Gasteiger partial charge >= 0.3 is 0 Å². The Morgan fingerprint density at radius 3 is 2.76 bits per heavy atom. The van der Waals surface area contributed by atoms with Crippen molar-refractivity contribution in [3.8, 4) is 5.75 Å². The van der Waals surface area contributed by atoms with E-state index in [1.165, 1.54) is 18.2 Å². The second-order valence-electron chi connectivity index (χ2n) is 6.62. The predicted molar refractivity (Wildman–Crippen MR) is 93.1 cm³/mol. The molecule has 0 saturated heterocycles. The van der Waals surface area contributed by atoms with E-state index in [1.54, 1.807) is 18.2 Å². The highest BCUT2D eigenvalue weighted by atomic mass is 19.1. The Kier molecular flexibility index (Phi) is 3.51. The first-order valence-corrected chi connectivity index (χ1v) is 8.02. The van der Waals surface area contributed by atoms with Crippen LogP contribution in [0, 0.1) is 5.82 Å². The maximum atomic E-state index is 13.9. The summed E-state index contributed by atoms with van der Waals surface area (Å²) in [6, 6.07) is 8.86. The van der Waals surface area contributed by atoms with Crippen LogP contribution in [-0.2, 0) is 6.54 Å². The Labute approximate surface area is 144 Å². The van der Waals surface area contributed by atoms with Crippen molar-refractivity contribution in [2.75, 3.05) is 14.1 Å². The summed E-state index contributed by atoms with van der Waals surface area (Å²) in [6.07, 6.45) is 0. The molecule has 1 unspecified atom stereocenters. The largest absolute Gasteiger partial charge is 0.508 e. The molecule has 0 saturated carbocycles. The predicted octanol–water partition coefficient (Wildman–Crippen LogP) is 2.91. The Morgan fingerprint density at radius 2 is 2.00 bits per heavy atom. The summed E-state index contributed by atoms with van der Waals surface area (Å²) in [6.45, 7) is 0.617. The summed E-state index contributed by atoms with van der Waals surface area (Å²) in [5, 5.41) is 13.6. The van der Waals surface area contributed by atoms with Gasteiger partial charge in [0, 0.05) is 34.3 Å². The number of H-pyrrole nitrogens is 1. The summed E-state index contributed by atoms with van der Waals surface area (Å²) in [5.41, 5.74) is 3.80. The first-order valence-electron chi connectivity index (χ1n) is 8.02. The van der Waals surface area contributed by atoms with Crippen molar-refractivity contribution in [1.29, 1.82) is 0 Å². The lowest BCUT2D eigenvalue weighted by molar-refractivity contribution is 0.0960. The van der Waals surface area contributed by atoms with Gasteiger partial charge in [0.1, 0.15) is 11.6 Å². The number of phenolic OH excluding ortho intramolecular Hbond substituents is 1. The summed E-state index contributed by atoms with van der Waals surface area (Å²) in [7, 11) is 3.89. The van der Waals surface area contributed by atoms with Crippen LogP contribution in [0.5, 0.6) is 5.75 Å². The third-order valence-electron chi connectivity index (χ3n) is 4.51. The molecule has 3 aromatic rings. The monoisotopic (exact) mass is 339 g/mol. The topological polar surface area (TPSA) is 68.4 Å². The Bertz CT molecular complexity index is 994. The van der Waals surface area contributed by atoms with E-state index in [9.17, 15) is 14.3 Å². The molecule has 1 aromatic heterocycles. The van der Waals surface area contributed by atoms with Gasteiger partial charge in [-0.25, -0.2) is 4.39 Å². The maximum Gasteiger partial charge on any atom is 0.252 e. The van der Waals surface area contributed by atoms with Crippen LogP contribution >= 0.6 is 0 Å². The Morgan fingerprint density at radius 1 is 1.20 bits per heavy atom. The number of nitrogens with zero attached hydrogens (tertiary/aromatic N) is 1. The van der Waals surface area contributed by atoms with Gasteiger partial charge in [0.15, 0.2) is 0 Å². The maximum absolute atomic E-state index is 13.9. The van der Waals surface area contributed by atoms with Gasteiger partial charge < -0.3 is 20.3 Å². The normalized spacial score (nSPS) is 16.5. The van der Waals surface area contributed by atoms with Gasteiger partial charge in [-0.2, -0.15) is 0 Å². The number of phenols is 1. The van der Waals surface area contributed by atoms with E-state index in [-0.39, 0.29) is 17.5 Å². The lowest BCUT2D eigenvalue weighted by Gasteiger charge is -2.16. The fraction of sp³-hybridized carbons (Fsp3) is 0.211. The number of rotatable bonds is 3. The molecule has 128 valence electrons. The van der Waals surface area contributed by atoms with E-state index < -0.39 is 6.04 Å². The minimum atomic E-state index is -0.430. The molecule has 4 rings (SSSR count). The van der Waals surface area contributed by atoms with Crippen LogP contribution < -0.4 is 5.32 Å². The fourth-order valence-corrected chi connectivity index (χ4v) is 3.52. The van der Waals surface area contributed by atoms with E-state index >= 15 is 0 Å². The smallest absolute Gasteiger partial charge is 0.252 e. The zero-order valence-electron chi connectivity index (χ0n) is 13.9. The van der Waals surface area contributed by atoms with Crippen LogP contribution in [0.1, 0.15) is 33.2 Å². The van der Waals surface area contributed by atoms with Crippen molar-refractivity contribution in [3.05, 3.63) is 64.6 Å². The molecule has 0 bridgehead atoms. The number of hydrogen-bond acceptors (Lipinski definition) is 3. The van der Waals surface area contributed by atoms with Gasteiger partial charge in [-0.15, -0.1) is 0 Å². The van der Waals surface area contributed by atoms with Gasteiger partial charge in [-0.05, 0) is 56.1 Å². The van der Waals surface area contributed by atoms with Crippen LogP contribution in [0.4, 0.5) is 4.39 Å². The molecule has 1 aliphatic rings. The molecule has 3 N–H and O–H groups in total. The fourth-order valence-electron chi connectivity index (χ4n) is 3.52. The zero-order chi connectivity index (χ0) is 17.7. The van der Waals surface area contributed by atoms with Gasteiger partial charge in [0.05, 0.1) is 6.04 Å². The molecular weight excluding hydrogens is 321 g/mol. The lowest BCUT2D eigenvalue weighted by atomic mass is 9.95. The second-order valence-corrected chi connectivity index (χ2v) is 6.62. The highest BCUT2D eigenvalue weighted by Gasteiger charge is 2.33. The molecule has 0 fully saturated rings. The van der Waals surface area contributed by atoms with Crippen LogP contribution in [0.15, 0.2) is 36.4 Å². The first kappa shape index (κ1) is 15.7. The second kappa shape index (κ2) is 5.60. The molecule has 0 radical (unpaired) electrons. The molecule has 2 aromatic carbocycles. The standard InChI is InChI=1S/C19H18FN3O2/c1-23(2)9-16-17(14-7-10(20)3-6-15(14)21-16)18-13-8-11(24)4-5-12(13)19(25)22-18/h3-8,18,21,24H,9H2,1-2H3,(H,22,25). The molecule has 25 heavy (non-hydrogen) atoms. The van der Waals surface area contributed by atoms with Crippen LogP contribution in [0.3, 0.4) is 0 Å². The summed E-state index contributed by atoms with van der Waals surface area (Å²) >= 11 is 0. The Hall–Kier alpha value is -2.86. The molecule has 5 nitrogen and oxygen atoms in total. The highest BCUT2D eigenvalue weighted by molar-refractivity contribution is 6.01. The highest BCUT2D eigenvalue weighted by Crippen LogP contribution is 2.38. The number of aromatic nitrogens is 1. The number of halogens is 1. The van der Waals surface area contributed by atoms with E-state index in [0.717, 1.165) is 22.2 Å². The molecule has 0 spiro atoms. The quantitative estimate of drug-likeness (QED) is 0.687. The molecule has 6 heteroatoms. The number of benzene rings is 2. The summed E-state index contributed by atoms with van der Waals surface area (Å²) < 4.78 is 13.9. The number of amides is 1. The molecule has 2 heterocycles. The minimum Gasteiger partial charge on any atom is -0.508 e. The number of carbonyl (C=O) groups is 1. The average Bonchev–Trinajstić information content (AvgIpc) is 3.03. The van der Waals surface area contributed by atoms with Crippen molar-refractivity contribution in [2.24, 2.45) is 0 Å². The molecule has 1 amide bonds. The number of carbonyl (C=O) groups excluding carboxylic acids is 1. The summed E-state index contributed by atoms with van der Waals surface area (Å²) in [5.74, 6) is -0.424. The third kappa shape index (κ3) is 2.55. The van der Waals surface area contributed by atoms with Gasteiger partial charge in [0.2, 0.25) is 0 Å². The van der Waals surface area contributed by atoms with E-state index in [1.807, 2.05) is 19.0 Å². The average molecular weight is 339 g/mol.